The summed E-state index contributed by atoms with van der Waals surface area (Å²) >= 11 is 18.8. The van der Waals surface area contributed by atoms with Crippen molar-refractivity contribution in [3.05, 3.63) is 81.8 Å². The minimum absolute atomic E-state index is 0.0888. The van der Waals surface area contributed by atoms with Crippen LogP contribution in [0.5, 0.6) is 11.5 Å². The average Bonchev–Trinajstić information content (AvgIpc) is 3.58. The molecule has 0 bridgehead atoms. The first-order valence-electron chi connectivity index (χ1n) is 13.4. The third-order valence-electron chi connectivity index (χ3n) is 7.93. The number of likely N-dealkylation sites (N-methyl/N-ethyl adjacent to an activating group) is 1. The summed E-state index contributed by atoms with van der Waals surface area (Å²) in [5.41, 5.74) is -1.84. The van der Waals surface area contributed by atoms with Crippen molar-refractivity contribution in [2.75, 3.05) is 39.2 Å². The zero-order valence-corrected chi connectivity index (χ0v) is 27.1. The number of halogens is 2. The van der Waals surface area contributed by atoms with Gasteiger partial charge in [0, 0.05) is 47.9 Å². The number of sulfonamides is 1. The highest BCUT2D eigenvalue weighted by Gasteiger charge is 2.61. The number of aliphatic hydroxyl groups is 1. The van der Waals surface area contributed by atoms with E-state index in [4.69, 9.17) is 44.9 Å². The molecule has 0 aromatic heterocycles. The lowest BCUT2D eigenvalue weighted by atomic mass is 9.82. The fourth-order valence-electron chi connectivity index (χ4n) is 5.90. The maximum Gasteiger partial charge on any atom is 0.265 e. The molecule has 2 unspecified atom stereocenters. The normalized spacial score (nSPS) is 21.5. The first-order chi connectivity index (χ1) is 20.4. The fourth-order valence-corrected chi connectivity index (χ4v) is 8.26. The summed E-state index contributed by atoms with van der Waals surface area (Å²) < 4.78 is 41.0. The minimum Gasteiger partial charge on any atom is -0.493 e. The smallest absolute Gasteiger partial charge is 0.265 e. The van der Waals surface area contributed by atoms with Crippen LogP contribution >= 0.6 is 35.4 Å². The van der Waals surface area contributed by atoms with Crippen LogP contribution in [0, 0.1) is 0 Å². The molecular formula is C30H31Cl2N3O6S2. The molecule has 2 aliphatic heterocycles. The molecule has 0 saturated carbocycles. The molecule has 5 rings (SSSR count). The Morgan fingerprint density at radius 2 is 1.72 bits per heavy atom. The van der Waals surface area contributed by atoms with Gasteiger partial charge in [0.1, 0.15) is 10.6 Å². The van der Waals surface area contributed by atoms with Crippen LogP contribution in [0.4, 0.5) is 5.69 Å². The van der Waals surface area contributed by atoms with Crippen molar-refractivity contribution in [3.8, 4) is 11.5 Å². The summed E-state index contributed by atoms with van der Waals surface area (Å²) in [6.07, 6.45) is 1.25. The van der Waals surface area contributed by atoms with Gasteiger partial charge in [0.15, 0.2) is 17.5 Å². The van der Waals surface area contributed by atoms with Crippen LogP contribution in [0.25, 0.3) is 0 Å². The van der Waals surface area contributed by atoms with Gasteiger partial charge in [-0.3, -0.25) is 4.79 Å². The molecule has 3 atom stereocenters. The van der Waals surface area contributed by atoms with Crippen molar-refractivity contribution in [1.82, 2.24) is 9.80 Å². The summed E-state index contributed by atoms with van der Waals surface area (Å²) in [7, 11) is 1.90. The van der Waals surface area contributed by atoms with Gasteiger partial charge in [0.25, 0.3) is 15.9 Å². The van der Waals surface area contributed by atoms with Crippen molar-refractivity contribution in [2.24, 2.45) is 0 Å². The van der Waals surface area contributed by atoms with Crippen LogP contribution in [-0.2, 0) is 20.4 Å². The van der Waals surface area contributed by atoms with E-state index >= 15 is 0 Å². The number of amides is 1. The number of hydrogen-bond donors (Lipinski definition) is 1. The SMILES string of the molecule is COc1ccc(S(=O)(=O)N2c3ccc(Cl)cc3C(O)(c3ccccc3Cl)C2C(=O)N2CCC[C@H]2C(=S)N(C)C)cc1OC. The molecule has 1 amide bonds. The molecule has 1 fully saturated rings. The predicted octanol–water partition coefficient (Wildman–Crippen LogP) is 4.70. The number of nitrogens with zero attached hydrogens (tertiary/aromatic N) is 3. The van der Waals surface area contributed by atoms with E-state index in [1.54, 1.807) is 48.2 Å². The fraction of sp³-hybridized carbons (Fsp3) is 0.333. The monoisotopic (exact) mass is 663 g/mol. The van der Waals surface area contributed by atoms with Gasteiger partial charge >= 0.3 is 0 Å². The number of fused-ring (bicyclic) bond motifs is 1. The third kappa shape index (κ3) is 5.10. The molecule has 2 heterocycles. The van der Waals surface area contributed by atoms with E-state index in [9.17, 15) is 18.3 Å². The molecule has 3 aromatic carbocycles. The molecule has 0 radical (unpaired) electrons. The number of carbonyl (C=O) groups is 1. The lowest BCUT2D eigenvalue weighted by molar-refractivity contribution is -0.136. The van der Waals surface area contributed by atoms with Crippen LogP contribution in [-0.4, -0.2) is 81.2 Å². The van der Waals surface area contributed by atoms with E-state index in [0.29, 0.717) is 30.1 Å². The highest BCUT2D eigenvalue weighted by Crippen LogP contribution is 2.53. The van der Waals surface area contributed by atoms with Gasteiger partial charge in [-0.05, 0) is 49.2 Å². The molecule has 1 N–H and O–H groups in total. The van der Waals surface area contributed by atoms with Gasteiger partial charge in [0.05, 0.1) is 30.8 Å². The lowest BCUT2D eigenvalue weighted by Crippen LogP contribution is -2.59. The van der Waals surface area contributed by atoms with Crippen molar-refractivity contribution < 1.29 is 27.8 Å². The Hall–Kier alpha value is -3.09. The Kier molecular flexibility index (Phi) is 8.58. The van der Waals surface area contributed by atoms with Gasteiger partial charge in [-0.1, -0.05) is 53.6 Å². The second-order valence-electron chi connectivity index (χ2n) is 10.6. The first kappa shape index (κ1) is 31.3. The summed E-state index contributed by atoms with van der Waals surface area (Å²) in [5.74, 6) is -0.114. The van der Waals surface area contributed by atoms with Crippen LogP contribution < -0.4 is 13.8 Å². The maximum absolute atomic E-state index is 14.8. The molecule has 2 aliphatic rings. The summed E-state index contributed by atoms with van der Waals surface area (Å²) in [6.45, 7) is 0.327. The summed E-state index contributed by atoms with van der Waals surface area (Å²) in [4.78, 5) is 18.5. The third-order valence-corrected chi connectivity index (χ3v) is 10.9. The number of anilines is 1. The molecule has 13 heteroatoms. The Bertz CT molecular complexity index is 1700. The minimum atomic E-state index is -4.53. The molecule has 228 valence electrons. The van der Waals surface area contributed by atoms with Crippen LogP contribution in [0.1, 0.15) is 24.0 Å². The van der Waals surface area contributed by atoms with Crippen molar-refractivity contribution >= 4 is 62.0 Å². The molecule has 43 heavy (non-hydrogen) atoms. The highest BCUT2D eigenvalue weighted by molar-refractivity contribution is 7.93. The zero-order chi connectivity index (χ0) is 31.3. The number of carbonyl (C=O) groups excluding carboxylic acids is 1. The van der Waals surface area contributed by atoms with Gasteiger partial charge in [-0.15, -0.1) is 0 Å². The van der Waals surface area contributed by atoms with E-state index in [1.807, 2.05) is 0 Å². The van der Waals surface area contributed by atoms with Crippen molar-refractivity contribution in [2.45, 2.75) is 35.4 Å². The van der Waals surface area contributed by atoms with Crippen LogP contribution in [0.15, 0.2) is 65.6 Å². The summed E-state index contributed by atoms with van der Waals surface area (Å²) in [6, 6.07) is 12.9. The predicted molar refractivity (Wildman–Crippen MR) is 170 cm³/mol. The molecule has 0 spiro atoms. The van der Waals surface area contributed by atoms with E-state index in [2.05, 4.69) is 0 Å². The second kappa shape index (κ2) is 11.8. The molecular weight excluding hydrogens is 633 g/mol. The van der Waals surface area contributed by atoms with E-state index in [1.165, 1.54) is 50.6 Å². The zero-order valence-electron chi connectivity index (χ0n) is 24.0. The molecule has 0 aliphatic carbocycles. The highest BCUT2D eigenvalue weighted by atomic mass is 35.5. The van der Waals surface area contributed by atoms with Gasteiger partial charge < -0.3 is 24.4 Å². The number of thiocarbonyl (C=S) groups is 1. The van der Waals surface area contributed by atoms with Gasteiger partial charge in [-0.2, -0.15) is 0 Å². The van der Waals surface area contributed by atoms with Gasteiger partial charge in [0.2, 0.25) is 0 Å². The van der Waals surface area contributed by atoms with Crippen molar-refractivity contribution in [3.63, 3.8) is 0 Å². The van der Waals surface area contributed by atoms with Crippen molar-refractivity contribution in [1.29, 1.82) is 0 Å². The lowest BCUT2D eigenvalue weighted by Gasteiger charge is -2.39. The van der Waals surface area contributed by atoms with E-state index in [0.717, 1.165) is 4.31 Å². The molecule has 9 nitrogen and oxygen atoms in total. The molecule has 3 aromatic rings. The first-order valence-corrected chi connectivity index (χ1v) is 16.0. The standard InChI is InChI=1S/C30H31Cl2N3O6S2/c1-33(2)29(42)24-10-7-15-34(24)28(36)27-30(37,20-8-5-6-9-22(20)32)21-16-18(31)11-13-23(21)35(27)43(38,39)19-12-14-25(40-3)26(17-19)41-4/h5-6,8-9,11-14,16-17,24,27,37H,7,10,15H2,1-4H3/t24-,27?,30?/m0/s1. The largest absolute Gasteiger partial charge is 0.493 e. The Morgan fingerprint density at radius 3 is 2.37 bits per heavy atom. The quantitative estimate of drug-likeness (QED) is 0.363. The number of hydrogen-bond acceptors (Lipinski definition) is 7. The Balaban J connectivity index is 1.79. The number of methoxy groups -OCH3 is 2. The molecule has 1 saturated heterocycles. The number of rotatable bonds is 7. The maximum atomic E-state index is 14.8. The summed E-state index contributed by atoms with van der Waals surface area (Å²) in [5, 5.41) is 13.2. The number of benzene rings is 3. The number of likely N-dealkylation sites (tertiary alicyclic amines) is 1. The van der Waals surface area contributed by atoms with Gasteiger partial charge in [-0.25, -0.2) is 12.7 Å². The number of ether oxygens (including phenoxy) is 2. The van der Waals surface area contributed by atoms with E-state index in [-0.39, 0.29) is 37.5 Å². The Morgan fingerprint density at radius 1 is 1.02 bits per heavy atom. The Labute approximate surface area is 266 Å². The topological polar surface area (TPSA) is 99.6 Å². The van der Waals surface area contributed by atoms with Crippen LogP contribution in [0.2, 0.25) is 10.0 Å². The van der Waals surface area contributed by atoms with E-state index < -0.39 is 33.6 Å². The average molecular weight is 665 g/mol. The van der Waals surface area contributed by atoms with Crippen LogP contribution in [0.3, 0.4) is 0 Å². The second-order valence-corrected chi connectivity index (χ2v) is 13.6.